The fourth-order valence-corrected chi connectivity index (χ4v) is 3.77. The van der Waals surface area contributed by atoms with Crippen LogP contribution in [0.2, 0.25) is 0 Å². The van der Waals surface area contributed by atoms with Gasteiger partial charge in [-0.1, -0.05) is 39.0 Å². The van der Waals surface area contributed by atoms with Crippen molar-refractivity contribution in [3.05, 3.63) is 0 Å². The van der Waals surface area contributed by atoms with E-state index in [9.17, 15) is 22.9 Å². The van der Waals surface area contributed by atoms with Crippen molar-refractivity contribution in [2.24, 2.45) is 0 Å². The lowest BCUT2D eigenvalue weighted by molar-refractivity contribution is -0.899. The number of rotatable bonds is 10. The summed E-state index contributed by atoms with van der Waals surface area (Å²) in [7, 11) is -0.295. The van der Waals surface area contributed by atoms with E-state index in [1.807, 2.05) is 0 Å². The summed E-state index contributed by atoms with van der Waals surface area (Å²) < 4.78 is 32.4. The molecule has 2 N–H and O–H groups in total. The van der Waals surface area contributed by atoms with E-state index >= 15 is 0 Å². The molecule has 0 saturated carbocycles. The van der Waals surface area contributed by atoms with Gasteiger partial charge in [0.05, 0.1) is 21.1 Å². The quantitative estimate of drug-likeness (QED) is 0.366. The Labute approximate surface area is 122 Å². The summed E-state index contributed by atoms with van der Waals surface area (Å²) in [4.78, 5) is 9.33. The summed E-state index contributed by atoms with van der Waals surface area (Å²) in [6.07, 6.45) is 5.40. The average Bonchev–Trinajstić information content (AvgIpc) is 2.23. The van der Waals surface area contributed by atoms with Gasteiger partial charge in [-0.25, -0.2) is 4.79 Å². The highest BCUT2D eigenvalue weighted by molar-refractivity contribution is 7.87. The lowest BCUT2D eigenvalue weighted by Crippen LogP contribution is -2.66. The van der Waals surface area contributed by atoms with Gasteiger partial charge in [0.1, 0.15) is 0 Å². The Hall–Kier alpha value is -0.660. The number of aliphatic carboxylic acids is 1. The van der Waals surface area contributed by atoms with Crippen molar-refractivity contribution in [2.45, 2.75) is 56.7 Å². The molecule has 0 radical (unpaired) electrons. The minimum atomic E-state index is -4.71. The van der Waals surface area contributed by atoms with Gasteiger partial charge in [-0.2, -0.15) is 8.42 Å². The minimum Gasteiger partial charge on any atom is -0.476 e. The molecule has 0 spiro atoms. The van der Waals surface area contributed by atoms with Crippen LogP contribution in [0, 0.1) is 0 Å². The topological polar surface area (TPSA) is 91.7 Å². The van der Waals surface area contributed by atoms with Gasteiger partial charge in [-0.05, 0) is 6.42 Å². The second kappa shape index (κ2) is 7.38. The first-order valence-electron chi connectivity index (χ1n) is 7.02. The lowest BCUT2D eigenvalue weighted by atomic mass is 10.0. The fraction of sp³-hybridized carbons (Fsp3) is 0.923. The monoisotopic (exact) mass is 310 g/mol. The molecule has 0 heterocycles. The molecule has 0 amide bonds. The third kappa shape index (κ3) is 4.43. The third-order valence-electron chi connectivity index (χ3n) is 3.71. The summed E-state index contributed by atoms with van der Waals surface area (Å²) in [5.41, 5.74) is 0. The van der Waals surface area contributed by atoms with Crippen LogP contribution < -0.4 is 0 Å². The molecule has 0 bridgehead atoms. The molecule has 0 rings (SSSR count). The zero-order valence-electron chi connectivity index (χ0n) is 12.9. The number of nitrogens with zero attached hydrogens (tertiary/aromatic N) is 1. The second-order valence-corrected chi connectivity index (χ2v) is 7.72. The Morgan fingerprint density at radius 3 is 1.85 bits per heavy atom. The van der Waals surface area contributed by atoms with Crippen molar-refractivity contribution in [1.29, 1.82) is 0 Å². The average molecular weight is 310 g/mol. The molecule has 0 saturated heterocycles. The molecule has 0 aromatic rings. The van der Waals surface area contributed by atoms with Crippen LogP contribution in [0.1, 0.15) is 51.9 Å². The van der Waals surface area contributed by atoms with E-state index in [0.717, 1.165) is 32.1 Å². The maximum atomic E-state index is 11.7. The van der Waals surface area contributed by atoms with Crippen molar-refractivity contribution in [3.8, 4) is 0 Å². The molecule has 0 aliphatic carbocycles. The van der Waals surface area contributed by atoms with E-state index < -0.39 is 21.0 Å². The first kappa shape index (κ1) is 19.3. The van der Waals surface area contributed by atoms with E-state index in [2.05, 4.69) is 6.92 Å². The van der Waals surface area contributed by atoms with Crippen LogP contribution in [0.15, 0.2) is 0 Å². The van der Waals surface area contributed by atoms with Crippen LogP contribution in [-0.2, 0) is 14.9 Å². The van der Waals surface area contributed by atoms with Crippen molar-refractivity contribution in [3.63, 3.8) is 0 Å². The highest BCUT2D eigenvalue weighted by Crippen LogP contribution is 2.31. The smallest absolute Gasteiger partial charge is 0.384 e. The van der Waals surface area contributed by atoms with Crippen LogP contribution in [0.3, 0.4) is 0 Å². The number of likely N-dealkylation sites (N-methyl/N-ethyl adjacent to an activating group) is 1. The van der Waals surface area contributed by atoms with Gasteiger partial charge >= 0.3 is 21.0 Å². The molecule has 6 nitrogen and oxygen atoms in total. The third-order valence-corrected chi connectivity index (χ3v) is 5.49. The normalized spacial score (nSPS) is 15.8. The van der Waals surface area contributed by atoms with Gasteiger partial charge in [0, 0.05) is 6.42 Å². The predicted molar refractivity (Wildman–Crippen MR) is 77.9 cm³/mol. The number of unbranched alkanes of at least 4 members (excludes halogenated alkanes) is 5. The van der Waals surface area contributed by atoms with Gasteiger partial charge in [0.15, 0.2) is 0 Å². The zero-order valence-corrected chi connectivity index (χ0v) is 13.7. The van der Waals surface area contributed by atoms with E-state index in [-0.39, 0.29) is 10.9 Å². The number of carboxylic acids is 1. The van der Waals surface area contributed by atoms with Crippen LogP contribution in [-0.4, -0.2) is 54.5 Å². The molecule has 20 heavy (non-hydrogen) atoms. The van der Waals surface area contributed by atoms with Crippen molar-refractivity contribution < 1.29 is 27.4 Å². The number of hydrogen-bond acceptors (Lipinski definition) is 3. The van der Waals surface area contributed by atoms with Gasteiger partial charge in [-0.15, -0.1) is 0 Å². The maximum absolute atomic E-state index is 11.7. The van der Waals surface area contributed by atoms with Crippen LogP contribution in [0.25, 0.3) is 0 Å². The van der Waals surface area contributed by atoms with Crippen molar-refractivity contribution >= 4 is 16.1 Å². The van der Waals surface area contributed by atoms with E-state index in [4.69, 9.17) is 0 Å². The molecule has 0 fully saturated rings. The van der Waals surface area contributed by atoms with Crippen molar-refractivity contribution in [2.75, 3.05) is 21.1 Å². The molecule has 1 atom stereocenters. The van der Waals surface area contributed by atoms with E-state index in [1.165, 1.54) is 21.1 Å². The molecule has 0 aromatic carbocycles. The summed E-state index contributed by atoms with van der Waals surface area (Å²) in [5.74, 6) is -1.50. The summed E-state index contributed by atoms with van der Waals surface area (Å²) in [6.45, 7) is 2.10. The van der Waals surface area contributed by atoms with Gasteiger partial charge in [0.25, 0.3) is 0 Å². The fourth-order valence-electron chi connectivity index (χ4n) is 2.46. The zero-order chi connectivity index (χ0) is 16.0. The maximum Gasteiger partial charge on any atom is 0.384 e. The van der Waals surface area contributed by atoms with Crippen LogP contribution in [0.4, 0.5) is 0 Å². The molecular weight excluding hydrogens is 282 g/mol. The van der Waals surface area contributed by atoms with E-state index in [1.54, 1.807) is 0 Å². The first-order valence-corrected chi connectivity index (χ1v) is 8.46. The molecule has 0 aliphatic heterocycles. The number of carbonyl (C=O) groups is 1. The first-order chi connectivity index (χ1) is 9.00. The molecule has 0 aliphatic rings. The predicted octanol–water partition coefficient (Wildman–Crippen LogP) is 2.11. The highest BCUT2D eigenvalue weighted by Gasteiger charge is 2.61. The number of carboxylic acid groups (broad SMARTS) is 1. The SMILES string of the molecule is CCCCCCCCC(C(=O)O)([N+](C)(C)C)S(=O)(=O)O. The van der Waals surface area contributed by atoms with Crippen LogP contribution >= 0.6 is 0 Å². The molecule has 7 heteroatoms. The number of hydrogen-bond donors (Lipinski definition) is 2. The van der Waals surface area contributed by atoms with E-state index in [0.29, 0.717) is 6.42 Å². The number of quaternary nitrogens is 1. The second-order valence-electron chi connectivity index (χ2n) is 6.09. The Balaban J connectivity index is 4.95. The standard InChI is InChI=1S/C13H27NO5S/c1-5-6-7-8-9-10-11-13(12(15)16,14(2,3)4)20(17,18)19/h5-11H2,1-4H3,(H-,15,16,17,18,19)/p+1. The Morgan fingerprint density at radius 2 is 1.50 bits per heavy atom. The Morgan fingerprint density at radius 1 is 1.05 bits per heavy atom. The largest absolute Gasteiger partial charge is 0.476 e. The summed E-state index contributed by atoms with van der Waals surface area (Å²) >= 11 is 0. The lowest BCUT2D eigenvalue weighted by Gasteiger charge is -2.40. The van der Waals surface area contributed by atoms with Gasteiger partial charge in [0.2, 0.25) is 0 Å². The molecule has 1 unspecified atom stereocenters. The van der Waals surface area contributed by atoms with Crippen molar-refractivity contribution in [1.82, 2.24) is 0 Å². The summed E-state index contributed by atoms with van der Waals surface area (Å²) in [5, 5.41) is 9.38. The van der Waals surface area contributed by atoms with Gasteiger partial charge < -0.3 is 9.59 Å². The Kier molecular flexibility index (Phi) is 7.13. The molecule has 0 aromatic heterocycles. The minimum absolute atomic E-state index is 0.0865. The molecular formula is C13H28NO5S+. The van der Waals surface area contributed by atoms with Crippen LogP contribution in [0.5, 0.6) is 0 Å². The molecule has 120 valence electrons. The highest BCUT2D eigenvalue weighted by atomic mass is 32.2. The van der Waals surface area contributed by atoms with Gasteiger partial charge in [-0.3, -0.25) is 4.55 Å². The summed E-state index contributed by atoms with van der Waals surface area (Å²) in [6, 6.07) is 0. The Bertz CT molecular complexity index is 413.